The fourth-order valence-corrected chi connectivity index (χ4v) is 2.70. The van der Waals surface area contributed by atoms with Crippen molar-refractivity contribution >= 4 is 21.6 Å². The van der Waals surface area contributed by atoms with Gasteiger partial charge in [-0.1, -0.05) is 39.8 Å². The van der Waals surface area contributed by atoms with E-state index in [4.69, 9.17) is 0 Å². The second-order valence-electron chi connectivity index (χ2n) is 1.99. The van der Waals surface area contributed by atoms with Crippen LogP contribution in [-0.2, 0) is 0 Å². The Balaban J connectivity index is 0.000000292. The highest BCUT2D eigenvalue weighted by atomic mass is 33.1. The van der Waals surface area contributed by atoms with E-state index in [0.29, 0.717) is 5.25 Å². The van der Waals surface area contributed by atoms with Gasteiger partial charge >= 0.3 is 0 Å². The van der Waals surface area contributed by atoms with Crippen LogP contribution in [0.4, 0.5) is 0 Å². The van der Waals surface area contributed by atoms with E-state index in [0.717, 1.165) is 6.42 Å². The van der Waals surface area contributed by atoms with Gasteiger partial charge in [0.1, 0.15) is 0 Å². The molecular formula is C9H14S2. The van der Waals surface area contributed by atoms with Crippen LogP contribution >= 0.6 is 21.6 Å². The summed E-state index contributed by atoms with van der Waals surface area (Å²) in [5.41, 5.74) is 0. The van der Waals surface area contributed by atoms with Crippen LogP contribution in [0.25, 0.3) is 0 Å². The molecule has 62 valence electrons. The van der Waals surface area contributed by atoms with E-state index in [1.54, 1.807) is 6.08 Å². The highest BCUT2D eigenvalue weighted by molar-refractivity contribution is 8.78. The van der Waals surface area contributed by atoms with E-state index in [1.165, 1.54) is 0 Å². The van der Waals surface area contributed by atoms with E-state index < -0.39 is 0 Å². The van der Waals surface area contributed by atoms with Gasteiger partial charge in [0.15, 0.2) is 0 Å². The quantitative estimate of drug-likeness (QED) is 0.471. The highest BCUT2D eigenvalue weighted by Gasteiger charge is 2.06. The van der Waals surface area contributed by atoms with E-state index in [1.807, 2.05) is 34.6 Å². The zero-order valence-corrected chi connectivity index (χ0v) is 8.46. The lowest BCUT2D eigenvalue weighted by Crippen LogP contribution is -1.87. The molecule has 0 aromatic carbocycles. The SMILES string of the molecule is C=CC.C=CCC1C=CSS1. The molecule has 1 rings (SSSR count). The first-order valence-electron chi connectivity index (χ1n) is 3.52. The van der Waals surface area contributed by atoms with Gasteiger partial charge in [-0.3, -0.25) is 0 Å². The van der Waals surface area contributed by atoms with Crippen molar-refractivity contribution in [2.45, 2.75) is 18.6 Å². The van der Waals surface area contributed by atoms with Gasteiger partial charge in [-0.05, 0) is 18.8 Å². The van der Waals surface area contributed by atoms with Gasteiger partial charge in [0.2, 0.25) is 0 Å². The fourth-order valence-electron chi connectivity index (χ4n) is 0.537. The zero-order valence-electron chi connectivity index (χ0n) is 6.82. The monoisotopic (exact) mass is 186 g/mol. The summed E-state index contributed by atoms with van der Waals surface area (Å²) < 4.78 is 0. The Kier molecular flexibility index (Phi) is 7.96. The Morgan fingerprint density at radius 1 is 1.55 bits per heavy atom. The van der Waals surface area contributed by atoms with E-state index >= 15 is 0 Å². The van der Waals surface area contributed by atoms with Crippen LogP contribution in [0.3, 0.4) is 0 Å². The third-order valence-electron chi connectivity index (χ3n) is 0.927. The van der Waals surface area contributed by atoms with E-state index in [-0.39, 0.29) is 0 Å². The maximum absolute atomic E-state index is 3.67. The van der Waals surface area contributed by atoms with Gasteiger partial charge in [0, 0.05) is 5.25 Å². The maximum atomic E-state index is 3.67. The van der Waals surface area contributed by atoms with Gasteiger partial charge in [-0.15, -0.1) is 13.2 Å². The first-order valence-corrected chi connectivity index (χ1v) is 5.79. The molecule has 0 aliphatic carbocycles. The molecule has 0 amide bonds. The van der Waals surface area contributed by atoms with Crippen LogP contribution in [0.1, 0.15) is 13.3 Å². The molecule has 0 saturated carbocycles. The molecule has 0 saturated heterocycles. The third kappa shape index (κ3) is 6.32. The molecule has 11 heavy (non-hydrogen) atoms. The summed E-state index contributed by atoms with van der Waals surface area (Å²) >= 11 is 0. The third-order valence-corrected chi connectivity index (χ3v) is 3.31. The molecule has 0 aromatic rings. The molecule has 1 aliphatic rings. The largest absolute Gasteiger partial charge is 0.103 e. The Labute approximate surface area is 77.2 Å². The Hall–Kier alpha value is -0.0800. The molecule has 0 nitrogen and oxygen atoms in total. The van der Waals surface area contributed by atoms with Crippen molar-refractivity contribution < 1.29 is 0 Å². The van der Waals surface area contributed by atoms with Crippen molar-refractivity contribution in [1.82, 2.24) is 0 Å². The van der Waals surface area contributed by atoms with Crippen molar-refractivity contribution in [2.24, 2.45) is 0 Å². The lowest BCUT2D eigenvalue weighted by atomic mass is 10.3. The molecule has 0 fully saturated rings. The summed E-state index contributed by atoms with van der Waals surface area (Å²) in [7, 11) is 3.71. The summed E-state index contributed by atoms with van der Waals surface area (Å²) in [5.74, 6) is 0. The minimum absolute atomic E-state index is 0.692. The summed E-state index contributed by atoms with van der Waals surface area (Å²) in [6, 6.07) is 0. The number of hydrogen-bond acceptors (Lipinski definition) is 2. The second kappa shape index (κ2) is 8.02. The van der Waals surface area contributed by atoms with Gasteiger partial charge in [0.05, 0.1) is 0 Å². The van der Waals surface area contributed by atoms with Gasteiger partial charge in [0.25, 0.3) is 0 Å². The van der Waals surface area contributed by atoms with Crippen molar-refractivity contribution in [3.63, 3.8) is 0 Å². The molecule has 1 aliphatic heterocycles. The van der Waals surface area contributed by atoms with Gasteiger partial charge in [-0.25, -0.2) is 0 Å². The molecular weight excluding hydrogens is 172 g/mol. The fraction of sp³-hybridized carbons (Fsp3) is 0.333. The van der Waals surface area contributed by atoms with Crippen LogP contribution in [0, 0.1) is 0 Å². The lowest BCUT2D eigenvalue weighted by Gasteiger charge is -1.97. The van der Waals surface area contributed by atoms with Gasteiger partial charge < -0.3 is 0 Å². The standard InChI is InChI=1S/C6H8S2.C3H6/c1-2-3-6-4-5-7-8-6;1-3-2/h2,4-6H,1,3H2;3H,1H2,2H3. The number of rotatable bonds is 2. The topological polar surface area (TPSA) is 0 Å². The first-order chi connectivity index (χ1) is 5.35. The molecule has 1 unspecified atom stereocenters. The van der Waals surface area contributed by atoms with Crippen molar-refractivity contribution in [1.29, 1.82) is 0 Å². The Morgan fingerprint density at radius 2 is 2.18 bits per heavy atom. The zero-order chi connectivity index (χ0) is 8.53. The average Bonchev–Trinajstić information content (AvgIpc) is 2.42. The summed E-state index contributed by atoms with van der Waals surface area (Å²) in [5, 5.41) is 2.83. The molecule has 1 heterocycles. The van der Waals surface area contributed by atoms with E-state index in [2.05, 4.69) is 24.6 Å². The molecule has 0 bridgehead atoms. The molecule has 0 N–H and O–H groups in total. The maximum Gasteiger partial charge on any atom is 0.0376 e. The van der Waals surface area contributed by atoms with Crippen LogP contribution in [0.2, 0.25) is 0 Å². The predicted molar refractivity (Wildman–Crippen MR) is 58.8 cm³/mol. The second-order valence-corrected chi connectivity index (χ2v) is 4.41. The van der Waals surface area contributed by atoms with Crippen LogP contribution < -0.4 is 0 Å². The minimum atomic E-state index is 0.692. The predicted octanol–water partition coefficient (Wildman–Crippen LogP) is 4.03. The Bertz CT molecular complexity index is 138. The summed E-state index contributed by atoms with van der Waals surface area (Å²) in [6.07, 6.45) is 7.04. The minimum Gasteiger partial charge on any atom is -0.103 e. The molecule has 2 heteroatoms. The van der Waals surface area contributed by atoms with Crippen LogP contribution in [-0.4, -0.2) is 5.25 Å². The number of allylic oxidation sites excluding steroid dienone is 2. The van der Waals surface area contributed by atoms with E-state index in [9.17, 15) is 0 Å². The molecule has 1 atom stereocenters. The average molecular weight is 186 g/mol. The molecule has 0 aromatic heterocycles. The number of hydrogen-bond donors (Lipinski definition) is 0. The van der Waals surface area contributed by atoms with Gasteiger partial charge in [-0.2, -0.15) is 0 Å². The molecule has 0 radical (unpaired) electrons. The summed E-state index contributed by atoms with van der Waals surface area (Å²) in [6.45, 7) is 8.92. The van der Waals surface area contributed by atoms with Crippen molar-refractivity contribution in [3.05, 3.63) is 36.8 Å². The molecule has 0 spiro atoms. The van der Waals surface area contributed by atoms with Crippen LogP contribution in [0.5, 0.6) is 0 Å². The summed E-state index contributed by atoms with van der Waals surface area (Å²) in [4.78, 5) is 0. The smallest absolute Gasteiger partial charge is 0.0376 e. The van der Waals surface area contributed by atoms with Crippen molar-refractivity contribution in [2.75, 3.05) is 0 Å². The normalized spacial score (nSPS) is 20.3. The highest BCUT2D eigenvalue weighted by Crippen LogP contribution is 2.36. The first kappa shape index (κ1) is 10.9. The lowest BCUT2D eigenvalue weighted by molar-refractivity contribution is 1.09. The van der Waals surface area contributed by atoms with Crippen LogP contribution in [0.15, 0.2) is 36.8 Å². The van der Waals surface area contributed by atoms with Crippen molar-refractivity contribution in [3.8, 4) is 0 Å². The Morgan fingerprint density at radius 3 is 2.55 bits per heavy atom.